The Morgan fingerprint density at radius 1 is 1.23 bits per heavy atom. The number of halogens is 1. The first kappa shape index (κ1) is 18.4. The molecule has 1 unspecified atom stereocenters. The summed E-state index contributed by atoms with van der Waals surface area (Å²) < 4.78 is 24.7. The number of methoxy groups -OCH3 is 2. The number of piperazine rings is 1. The minimum Gasteiger partial charge on any atom is -0.493 e. The third kappa shape index (κ3) is 3.60. The molecule has 142 valence electrons. The van der Waals surface area contributed by atoms with Gasteiger partial charge in [-0.2, -0.15) is 0 Å². The quantitative estimate of drug-likeness (QED) is 0.858. The second-order valence-electron chi connectivity index (χ2n) is 6.50. The summed E-state index contributed by atoms with van der Waals surface area (Å²) in [5.41, 5.74) is -0.0464. The van der Waals surface area contributed by atoms with Crippen LogP contribution in [-0.2, 0) is 4.79 Å². The van der Waals surface area contributed by atoms with Gasteiger partial charge in [-0.25, -0.2) is 4.39 Å². The van der Waals surface area contributed by atoms with Crippen molar-refractivity contribution in [2.45, 2.75) is 18.9 Å². The van der Waals surface area contributed by atoms with Crippen molar-refractivity contribution in [3.63, 3.8) is 0 Å². The Morgan fingerprint density at radius 2 is 1.96 bits per heavy atom. The Labute approximate surface area is 152 Å². The zero-order valence-electron chi connectivity index (χ0n) is 15.1. The molecule has 26 heavy (non-hydrogen) atoms. The molecule has 1 atom stereocenters. The lowest BCUT2D eigenvalue weighted by Gasteiger charge is -2.41. The lowest BCUT2D eigenvalue weighted by Crippen LogP contribution is -2.57. The summed E-state index contributed by atoms with van der Waals surface area (Å²) in [6.07, 6.45) is 1.63. The molecule has 0 bridgehead atoms. The van der Waals surface area contributed by atoms with Gasteiger partial charge in [-0.05, 0) is 18.9 Å². The SMILES string of the molecule is COc1cc(F)c(C(=O)N2CCCC(N3CCNCC3=O)C2)cc1OC. The van der Waals surface area contributed by atoms with Crippen molar-refractivity contribution in [2.75, 3.05) is 46.9 Å². The van der Waals surface area contributed by atoms with Crippen LogP contribution >= 0.6 is 0 Å². The van der Waals surface area contributed by atoms with Crippen LogP contribution in [0, 0.1) is 5.82 Å². The van der Waals surface area contributed by atoms with Gasteiger partial charge in [-0.3, -0.25) is 9.59 Å². The summed E-state index contributed by atoms with van der Waals surface area (Å²) in [7, 11) is 2.86. The molecule has 3 rings (SSSR count). The molecular weight excluding hydrogens is 341 g/mol. The van der Waals surface area contributed by atoms with Crippen molar-refractivity contribution in [1.29, 1.82) is 0 Å². The summed E-state index contributed by atoms with van der Waals surface area (Å²) >= 11 is 0. The van der Waals surface area contributed by atoms with Gasteiger partial charge in [-0.15, -0.1) is 0 Å². The molecule has 1 N–H and O–H groups in total. The number of hydrogen-bond donors (Lipinski definition) is 1. The van der Waals surface area contributed by atoms with Crippen LogP contribution < -0.4 is 14.8 Å². The maximum absolute atomic E-state index is 14.4. The first-order valence-electron chi connectivity index (χ1n) is 8.76. The number of likely N-dealkylation sites (tertiary alicyclic amines) is 1. The van der Waals surface area contributed by atoms with Gasteiger partial charge in [-0.1, -0.05) is 0 Å². The largest absolute Gasteiger partial charge is 0.493 e. The predicted octanol–water partition coefficient (Wildman–Crippen LogP) is 0.879. The van der Waals surface area contributed by atoms with Gasteiger partial charge in [0.05, 0.1) is 26.3 Å². The normalized spacial score (nSPS) is 20.9. The highest BCUT2D eigenvalue weighted by Gasteiger charge is 2.33. The van der Waals surface area contributed by atoms with Gasteiger partial charge >= 0.3 is 0 Å². The second kappa shape index (κ2) is 7.90. The molecule has 1 aromatic rings. The van der Waals surface area contributed by atoms with E-state index in [9.17, 15) is 14.0 Å². The Morgan fingerprint density at radius 3 is 2.65 bits per heavy atom. The molecule has 8 heteroatoms. The number of carbonyl (C=O) groups excluding carboxylic acids is 2. The fourth-order valence-electron chi connectivity index (χ4n) is 3.59. The van der Waals surface area contributed by atoms with E-state index < -0.39 is 11.7 Å². The van der Waals surface area contributed by atoms with E-state index in [2.05, 4.69) is 5.32 Å². The highest BCUT2D eigenvalue weighted by atomic mass is 19.1. The van der Waals surface area contributed by atoms with Gasteiger partial charge in [0.15, 0.2) is 11.5 Å². The van der Waals surface area contributed by atoms with E-state index in [4.69, 9.17) is 9.47 Å². The fourth-order valence-corrected chi connectivity index (χ4v) is 3.59. The van der Waals surface area contributed by atoms with Crippen LogP contribution in [-0.4, -0.2) is 74.6 Å². The molecule has 7 nitrogen and oxygen atoms in total. The Bertz CT molecular complexity index is 697. The van der Waals surface area contributed by atoms with Crippen LogP contribution in [0.5, 0.6) is 11.5 Å². The van der Waals surface area contributed by atoms with Crippen LogP contribution in [0.15, 0.2) is 12.1 Å². The zero-order chi connectivity index (χ0) is 18.7. The molecule has 0 radical (unpaired) electrons. The number of benzene rings is 1. The number of hydrogen-bond acceptors (Lipinski definition) is 5. The van der Waals surface area contributed by atoms with Crippen molar-refractivity contribution in [2.24, 2.45) is 0 Å². The van der Waals surface area contributed by atoms with Crippen molar-refractivity contribution in [3.05, 3.63) is 23.5 Å². The van der Waals surface area contributed by atoms with Crippen molar-refractivity contribution >= 4 is 11.8 Å². The molecule has 0 aromatic heterocycles. The maximum Gasteiger partial charge on any atom is 0.257 e. The monoisotopic (exact) mass is 365 g/mol. The van der Waals surface area contributed by atoms with E-state index in [0.29, 0.717) is 31.9 Å². The van der Waals surface area contributed by atoms with Gasteiger partial charge in [0.2, 0.25) is 5.91 Å². The lowest BCUT2D eigenvalue weighted by atomic mass is 10.0. The highest BCUT2D eigenvalue weighted by Crippen LogP contribution is 2.31. The second-order valence-corrected chi connectivity index (χ2v) is 6.50. The Hall–Kier alpha value is -2.35. The van der Waals surface area contributed by atoms with E-state index >= 15 is 0 Å². The fraction of sp³-hybridized carbons (Fsp3) is 0.556. The van der Waals surface area contributed by atoms with Crippen LogP contribution in [0.2, 0.25) is 0 Å². The van der Waals surface area contributed by atoms with E-state index in [1.807, 2.05) is 4.90 Å². The molecule has 2 heterocycles. The molecule has 2 aliphatic rings. The Kier molecular flexibility index (Phi) is 5.61. The van der Waals surface area contributed by atoms with Crippen LogP contribution in [0.25, 0.3) is 0 Å². The number of carbonyl (C=O) groups is 2. The number of nitrogens with one attached hydrogen (secondary N) is 1. The first-order valence-corrected chi connectivity index (χ1v) is 8.76. The average Bonchev–Trinajstić information content (AvgIpc) is 2.67. The van der Waals surface area contributed by atoms with Crippen molar-refractivity contribution in [1.82, 2.24) is 15.1 Å². The van der Waals surface area contributed by atoms with Crippen LogP contribution in [0.3, 0.4) is 0 Å². The topological polar surface area (TPSA) is 71.1 Å². The standard InChI is InChI=1S/C18H24FN3O4/c1-25-15-8-13(14(19)9-16(15)26-2)18(24)21-6-3-4-12(11-21)22-7-5-20-10-17(22)23/h8-9,12,20H,3-7,10-11H2,1-2H3. The molecule has 2 amide bonds. The van der Waals surface area contributed by atoms with Crippen molar-refractivity contribution in [3.8, 4) is 11.5 Å². The smallest absolute Gasteiger partial charge is 0.257 e. The minimum atomic E-state index is -0.645. The summed E-state index contributed by atoms with van der Waals surface area (Å²) in [6, 6.07) is 2.51. The van der Waals surface area contributed by atoms with Crippen molar-refractivity contribution < 1.29 is 23.5 Å². The number of ether oxygens (including phenoxy) is 2. The molecular formula is C18H24FN3O4. The predicted molar refractivity (Wildman–Crippen MR) is 93.0 cm³/mol. The highest BCUT2D eigenvalue weighted by molar-refractivity contribution is 5.95. The number of piperidine rings is 1. The minimum absolute atomic E-state index is 0.0227. The Balaban J connectivity index is 1.78. The maximum atomic E-state index is 14.4. The van der Waals surface area contributed by atoms with Gasteiger partial charge in [0.1, 0.15) is 5.82 Å². The summed E-state index contributed by atoms with van der Waals surface area (Å²) in [5.74, 6) is -0.441. The van der Waals surface area contributed by atoms with Gasteiger partial charge in [0, 0.05) is 38.3 Å². The summed E-state index contributed by atoms with van der Waals surface area (Å²) in [4.78, 5) is 28.4. The molecule has 1 aromatic carbocycles. The van der Waals surface area contributed by atoms with E-state index in [-0.39, 0.29) is 23.3 Å². The molecule has 0 aliphatic carbocycles. The first-order chi connectivity index (χ1) is 12.5. The number of nitrogens with zero attached hydrogens (tertiary/aromatic N) is 2. The number of rotatable bonds is 4. The third-order valence-electron chi connectivity index (χ3n) is 4.95. The molecule has 2 saturated heterocycles. The van der Waals surface area contributed by atoms with E-state index in [1.165, 1.54) is 20.3 Å². The summed E-state index contributed by atoms with van der Waals surface area (Å²) in [6.45, 7) is 2.67. The third-order valence-corrected chi connectivity index (χ3v) is 4.95. The van der Waals surface area contributed by atoms with Gasteiger partial charge < -0.3 is 24.6 Å². The molecule has 0 spiro atoms. The van der Waals surface area contributed by atoms with E-state index in [0.717, 1.165) is 25.5 Å². The van der Waals surface area contributed by atoms with Crippen LogP contribution in [0.1, 0.15) is 23.2 Å². The van der Waals surface area contributed by atoms with E-state index in [1.54, 1.807) is 4.90 Å². The molecule has 0 saturated carbocycles. The molecule has 2 aliphatic heterocycles. The zero-order valence-corrected chi connectivity index (χ0v) is 15.1. The summed E-state index contributed by atoms with van der Waals surface area (Å²) in [5, 5.41) is 3.05. The molecule has 2 fully saturated rings. The lowest BCUT2D eigenvalue weighted by molar-refractivity contribution is -0.135. The van der Waals surface area contributed by atoms with Gasteiger partial charge in [0.25, 0.3) is 5.91 Å². The van der Waals surface area contributed by atoms with Crippen LogP contribution in [0.4, 0.5) is 4.39 Å². The number of amides is 2. The average molecular weight is 365 g/mol.